The molecule has 1 amide bonds. The largest absolute Gasteiger partial charge is 0.367 e. The molecule has 1 aromatic carbocycles. The Bertz CT molecular complexity index is 811. The number of nitrogens with zero attached hydrogens (tertiary/aromatic N) is 1. The van der Waals surface area contributed by atoms with E-state index in [9.17, 15) is 13.2 Å². The summed E-state index contributed by atoms with van der Waals surface area (Å²) in [6.45, 7) is 3.16. The van der Waals surface area contributed by atoms with Crippen LogP contribution in [0.2, 0.25) is 0 Å². The smallest absolute Gasteiger partial charge is 0.216 e. The molecule has 1 N–H and O–H groups in total. The molecule has 7 heteroatoms. The van der Waals surface area contributed by atoms with Gasteiger partial charge in [0.25, 0.3) is 0 Å². The number of fused-ring (bicyclic) bond motifs is 2. The molecule has 27 heavy (non-hydrogen) atoms. The molecule has 6 nitrogen and oxygen atoms in total. The average molecular weight is 393 g/mol. The number of nitrogens with one attached hydrogen (secondary N) is 1. The molecule has 4 rings (SSSR count). The van der Waals surface area contributed by atoms with Crippen molar-refractivity contribution in [2.24, 2.45) is 0 Å². The van der Waals surface area contributed by atoms with Crippen LogP contribution in [0.5, 0.6) is 0 Å². The first kappa shape index (κ1) is 18.9. The van der Waals surface area contributed by atoms with Crippen LogP contribution in [-0.4, -0.2) is 49.6 Å². The number of carbonyl (C=O) groups excluding carboxylic acids is 1. The van der Waals surface area contributed by atoms with Crippen LogP contribution in [0.3, 0.4) is 0 Å². The molecular formula is C20H28N2O4S. The van der Waals surface area contributed by atoms with E-state index in [0.717, 1.165) is 25.7 Å². The van der Waals surface area contributed by atoms with Gasteiger partial charge in [-0.05, 0) is 49.7 Å². The Balaban J connectivity index is 1.51. The zero-order chi connectivity index (χ0) is 19.1. The van der Waals surface area contributed by atoms with E-state index in [0.29, 0.717) is 32.5 Å². The lowest BCUT2D eigenvalue weighted by Gasteiger charge is -2.47. The standard InChI is InChI=1S/C20H28N2O4S/c1-15(23)21-11-8-17-14-16-4-2-3-5-19(16)20(26-17)9-12-22(13-10-20)27(24,25)18-6-7-18/h2-5,17-18H,6-14H2,1H3,(H,21,23). The highest BCUT2D eigenvalue weighted by atomic mass is 32.2. The van der Waals surface area contributed by atoms with Crippen molar-refractivity contribution in [1.29, 1.82) is 0 Å². The molecule has 1 spiro atoms. The number of piperidine rings is 1. The second-order valence-electron chi connectivity index (χ2n) is 8.01. The first-order chi connectivity index (χ1) is 12.9. The minimum atomic E-state index is -3.13. The van der Waals surface area contributed by atoms with Gasteiger partial charge in [-0.1, -0.05) is 24.3 Å². The van der Waals surface area contributed by atoms with Crippen molar-refractivity contribution in [3.05, 3.63) is 35.4 Å². The quantitative estimate of drug-likeness (QED) is 0.831. The van der Waals surface area contributed by atoms with E-state index in [2.05, 4.69) is 23.5 Å². The molecule has 0 aromatic heterocycles. The molecule has 2 aliphatic heterocycles. The number of amides is 1. The third-order valence-corrected chi connectivity index (χ3v) is 8.42. The highest BCUT2D eigenvalue weighted by Crippen LogP contribution is 2.45. The average Bonchev–Trinajstić information content (AvgIpc) is 3.48. The molecule has 3 aliphatic rings. The SMILES string of the molecule is CC(=O)NCCC1Cc2ccccc2C2(CCN(S(=O)(=O)C3CC3)CC2)O1. The van der Waals surface area contributed by atoms with E-state index >= 15 is 0 Å². The second kappa shape index (κ2) is 7.18. The number of hydrogen-bond donors (Lipinski definition) is 1. The monoisotopic (exact) mass is 392 g/mol. The van der Waals surface area contributed by atoms with Crippen LogP contribution in [0.15, 0.2) is 24.3 Å². The maximum absolute atomic E-state index is 12.6. The van der Waals surface area contributed by atoms with Gasteiger partial charge in [-0.3, -0.25) is 4.79 Å². The Kier molecular flexibility index (Phi) is 5.03. The van der Waals surface area contributed by atoms with Crippen molar-refractivity contribution < 1.29 is 17.9 Å². The second-order valence-corrected chi connectivity index (χ2v) is 10.2. The molecule has 1 unspecified atom stereocenters. The van der Waals surface area contributed by atoms with Crippen molar-refractivity contribution in [2.45, 2.75) is 62.4 Å². The van der Waals surface area contributed by atoms with Crippen LogP contribution >= 0.6 is 0 Å². The van der Waals surface area contributed by atoms with Gasteiger partial charge < -0.3 is 10.1 Å². The molecule has 1 aromatic rings. The van der Waals surface area contributed by atoms with E-state index in [1.807, 2.05) is 6.07 Å². The summed E-state index contributed by atoms with van der Waals surface area (Å²) in [6, 6.07) is 8.37. The lowest BCUT2D eigenvalue weighted by atomic mass is 9.78. The molecule has 2 fully saturated rings. The van der Waals surface area contributed by atoms with Gasteiger partial charge in [0.1, 0.15) is 0 Å². The topological polar surface area (TPSA) is 75.7 Å². The predicted molar refractivity (Wildman–Crippen MR) is 103 cm³/mol. The third-order valence-electron chi connectivity index (χ3n) is 6.02. The molecule has 1 saturated carbocycles. The van der Waals surface area contributed by atoms with Crippen molar-refractivity contribution in [3.8, 4) is 0 Å². The normalized spacial score (nSPS) is 25.1. The molecule has 148 valence electrons. The van der Waals surface area contributed by atoms with Crippen molar-refractivity contribution in [2.75, 3.05) is 19.6 Å². The number of benzene rings is 1. The van der Waals surface area contributed by atoms with Gasteiger partial charge in [-0.25, -0.2) is 12.7 Å². The Hall–Kier alpha value is -1.44. The summed E-state index contributed by atoms with van der Waals surface area (Å²) in [4.78, 5) is 11.2. The number of hydrogen-bond acceptors (Lipinski definition) is 4. The van der Waals surface area contributed by atoms with Crippen LogP contribution in [0.25, 0.3) is 0 Å². The van der Waals surface area contributed by atoms with Gasteiger partial charge in [0.05, 0.1) is 17.0 Å². The van der Waals surface area contributed by atoms with Gasteiger partial charge in [0.2, 0.25) is 15.9 Å². The number of sulfonamides is 1. The van der Waals surface area contributed by atoms with Crippen molar-refractivity contribution in [1.82, 2.24) is 9.62 Å². The van der Waals surface area contributed by atoms with E-state index in [4.69, 9.17) is 4.74 Å². The summed E-state index contributed by atoms with van der Waals surface area (Å²) in [5, 5.41) is 2.69. The molecule has 0 bridgehead atoms. The fraction of sp³-hybridized carbons (Fsp3) is 0.650. The highest BCUT2D eigenvalue weighted by molar-refractivity contribution is 7.90. The van der Waals surface area contributed by atoms with Crippen LogP contribution in [0.4, 0.5) is 0 Å². The molecule has 1 aliphatic carbocycles. The third kappa shape index (κ3) is 3.77. The number of carbonyl (C=O) groups is 1. The number of rotatable bonds is 5. The zero-order valence-corrected chi connectivity index (χ0v) is 16.6. The van der Waals surface area contributed by atoms with Gasteiger partial charge in [-0.15, -0.1) is 0 Å². The summed E-state index contributed by atoms with van der Waals surface area (Å²) in [7, 11) is -3.13. The van der Waals surface area contributed by atoms with Crippen molar-refractivity contribution >= 4 is 15.9 Å². The van der Waals surface area contributed by atoms with E-state index in [-0.39, 0.29) is 17.3 Å². The van der Waals surface area contributed by atoms with Crippen LogP contribution in [-0.2, 0) is 31.6 Å². The minimum absolute atomic E-state index is 0.0282. The molecule has 1 atom stereocenters. The first-order valence-electron chi connectivity index (χ1n) is 9.90. The molecule has 0 radical (unpaired) electrons. The Labute approximate surface area is 161 Å². The summed E-state index contributed by atoms with van der Waals surface area (Å²) in [5.41, 5.74) is 2.09. The van der Waals surface area contributed by atoms with Gasteiger partial charge >= 0.3 is 0 Å². The van der Waals surface area contributed by atoms with Crippen LogP contribution in [0.1, 0.15) is 50.2 Å². The Morgan fingerprint density at radius 3 is 2.63 bits per heavy atom. The minimum Gasteiger partial charge on any atom is -0.367 e. The lowest BCUT2D eigenvalue weighted by molar-refractivity contribution is -0.135. The van der Waals surface area contributed by atoms with Crippen LogP contribution < -0.4 is 5.32 Å². The van der Waals surface area contributed by atoms with Crippen molar-refractivity contribution in [3.63, 3.8) is 0 Å². The molecule has 2 heterocycles. The summed E-state index contributed by atoms with van der Waals surface area (Å²) in [5.74, 6) is -0.0282. The lowest BCUT2D eigenvalue weighted by Crippen LogP contribution is -2.51. The van der Waals surface area contributed by atoms with E-state index < -0.39 is 15.6 Å². The van der Waals surface area contributed by atoms with Gasteiger partial charge in [0, 0.05) is 26.6 Å². The van der Waals surface area contributed by atoms with E-state index in [1.165, 1.54) is 18.1 Å². The Morgan fingerprint density at radius 1 is 1.26 bits per heavy atom. The summed E-state index contributed by atoms with van der Waals surface area (Å²) in [6.07, 6.45) is 4.61. The highest BCUT2D eigenvalue weighted by Gasteiger charge is 2.47. The fourth-order valence-electron chi connectivity index (χ4n) is 4.45. The molecule has 1 saturated heterocycles. The summed E-state index contributed by atoms with van der Waals surface area (Å²) < 4.78 is 33.4. The van der Waals surface area contributed by atoms with Crippen LogP contribution in [0, 0.1) is 0 Å². The van der Waals surface area contributed by atoms with E-state index in [1.54, 1.807) is 4.31 Å². The number of ether oxygens (including phenoxy) is 1. The maximum atomic E-state index is 12.6. The first-order valence-corrected chi connectivity index (χ1v) is 11.4. The van der Waals surface area contributed by atoms with Gasteiger partial charge in [-0.2, -0.15) is 0 Å². The summed E-state index contributed by atoms with van der Waals surface area (Å²) >= 11 is 0. The maximum Gasteiger partial charge on any atom is 0.216 e. The Morgan fingerprint density at radius 2 is 1.96 bits per heavy atom. The zero-order valence-electron chi connectivity index (χ0n) is 15.8. The fourth-order valence-corrected chi connectivity index (χ4v) is 6.29. The van der Waals surface area contributed by atoms with Gasteiger partial charge in [0.15, 0.2) is 0 Å². The predicted octanol–water partition coefficient (Wildman–Crippen LogP) is 1.94. The molecular weight excluding hydrogens is 364 g/mol.